The van der Waals surface area contributed by atoms with Gasteiger partial charge in [0.2, 0.25) is 0 Å². The van der Waals surface area contributed by atoms with Crippen LogP contribution in [0.2, 0.25) is 0 Å². The second kappa shape index (κ2) is 8.41. The highest BCUT2D eigenvalue weighted by Crippen LogP contribution is 2.18. The van der Waals surface area contributed by atoms with Crippen molar-refractivity contribution in [2.24, 2.45) is 0 Å². The molecule has 1 saturated heterocycles. The van der Waals surface area contributed by atoms with E-state index in [-0.39, 0.29) is 0 Å². The van der Waals surface area contributed by atoms with E-state index in [1.165, 1.54) is 5.56 Å². The van der Waals surface area contributed by atoms with Crippen molar-refractivity contribution in [3.05, 3.63) is 59.9 Å². The highest BCUT2D eigenvalue weighted by molar-refractivity contribution is 7.80. The second-order valence-corrected chi connectivity index (χ2v) is 7.18. The molecule has 132 valence electrons. The van der Waals surface area contributed by atoms with Crippen LogP contribution in [0.4, 0.5) is 5.69 Å². The van der Waals surface area contributed by atoms with Gasteiger partial charge in [0.25, 0.3) is 0 Å². The fourth-order valence-electron chi connectivity index (χ4n) is 2.98. The summed E-state index contributed by atoms with van der Waals surface area (Å²) in [6, 6.07) is 14.6. The number of hydrogen-bond donors (Lipinski definition) is 1. The van der Waals surface area contributed by atoms with Crippen molar-refractivity contribution in [3.8, 4) is 0 Å². The molecule has 4 nitrogen and oxygen atoms in total. The molecule has 1 fully saturated rings. The number of hydrogen-bond acceptors (Lipinski definition) is 3. The molecule has 1 aliphatic heterocycles. The first kappa shape index (κ1) is 17.8. The fraction of sp³-hybridized carbons (Fsp3) is 0.400. The third-order valence-corrected chi connectivity index (χ3v) is 4.96. The molecule has 2 aromatic rings. The van der Waals surface area contributed by atoms with Crippen LogP contribution in [-0.2, 0) is 6.54 Å². The van der Waals surface area contributed by atoms with E-state index in [0.717, 1.165) is 49.2 Å². The van der Waals surface area contributed by atoms with Crippen molar-refractivity contribution < 1.29 is 0 Å². The van der Waals surface area contributed by atoms with Crippen LogP contribution in [-0.4, -0.2) is 46.1 Å². The van der Waals surface area contributed by atoms with Gasteiger partial charge in [-0.05, 0) is 48.0 Å². The molecule has 3 rings (SSSR count). The van der Waals surface area contributed by atoms with Crippen LogP contribution in [0.15, 0.2) is 48.7 Å². The van der Waals surface area contributed by atoms with Crippen molar-refractivity contribution in [2.45, 2.75) is 26.3 Å². The van der Waals surface area contributed by atoms with Crippen LogP contribution < -0.4 is 5.32 Å². The van der Waals surface area contributed by atoms with E-state index in [4.69, 9.17) is 12.2 Å². The van der Waals surface area contributed by atoms with E-state index >= 15 is 0 Å². The van der Waals surface area contributed by atoms with Crippen molar-refractivity contribution >= 4 is 23.0 Å². The van der Waals surface area contributed by atoms with Gasteiger partial charge in [-0.1, -0.05) is 32.0 Å². The number of aromatic nitrogens is 1. The van der Waals surface area contributed by atoms with Crippen LogP contribution >= 0.6 is 12.2 Å². The van der Waals surface area contributed by atoms with Gasteiger partial charge in [0.1, 0.15) is 0 Å². The van der Waals surface area contributed by atoms with Crippen LogP contribution in [0.25, 0.3) is 0 Å². The molecule has 0 amide bonds. The molecule has 1 aromatic carbocycles. The normalized spacial score (nSPS) is 15.4. The quantitative estimate of drug-likeness (QED) is 0.846. The number of rotatable bonds is 4. The molecule has 0 spiro atoms. The van der Waals surface area contributed by atoms with Gasteiger partial charge in [0, 0.05) is 44.6 Å². The van der Waals surface area contributed by atoms with Gasteiger partial charge in [-0.2, -0.15) is 0 Å². The molecule has 0 atom stereocenters. The zero-order chi connectivity index (χ0) is 17.6. The molecule has 25 heavy (non-hydrogen) atoms. The summed E-state index contributed by atoms with van der Waals surface area (Å²) in [6.07, 6.45) is 1.86. The van der Waals surface area contributed by atoms with E-state index in [0.29, 0.717) is 5.92 Å². The standard InChI is InChI=1S/C20H26N4S/c1-16(2)17-6-8-18(9-7-17)22-20(25)24-13-11-23(12-14-24)15-19-5-3-4-10-21-19/h3-10,16H,11-15H2,1-2H3,(H,22,25). The Hall–Kier alpha value is -1.98. The maximum absolute atomic E-state index is 5.59. The average Bonchev–Trinajstić information content (AvgIpc) is 2.63. The van der Waals surface area contributed by atoms with Crippen LogP contribution in [0.1, 0.15) is 31.0 Å². The van der Waals surface area contributed by atoms with Gasteiger partial charge in [-0.3, -0.25) is 9.88 Å². The minimum atomic E-state index is 0.549. The predicted molar refractivity (Wildman–Crippen MR) is 108 cm³/mol. The average molecular weight is 355 g/mol. The minimum Gasteiger partial charge on any atom is -0.346 e. The first-order valence-corrected chi connectivity index (χ1v) is 9.31. The van der Waals surface area contributed by atoms with Gasteiger partial charge in [0.15, 0.2) is 5.11 Å². The Morgan fingerprint density at radius 1 is 1.08 bits per heavy atom. The van der Waals surface area contributed by atoms with Crippen molar-refractivity contribution in [3.63, 3.8) is 0 Å². The summed E-state index contributed by atoms with van der Waals surface area (Å²) in [4.78, 5) is 9.09. The number of benzene rings is 1. The largest absolute Gasteiger partial charge is 0.346 e. The third-order valence-electron chi connectivity index (χ3n) is 4.60. The molecule has 1 aliphatic rings. The first-order chi connectivity index (χ1) is 12.1. The number of thiocarbonyl (C=S) groups is 1. The van der Waals surface area contributed by atoms with Gasteiger partial charge < -0.3 is 10.2 Å². The summed E-state index contributed by atoms with van der Waals surface area (Å²) < 4.78 is 0. The summed E-state index contributed by atoms with van der Waals surface area (Å²) in [5.41, 5.74) is 3.53. The molecule has 1 aromatic heterocycles. The predicted octanol–water partition coefficient (Wildman–Crippen LogP) is 3.72. The topological polar surface area (TPSA) is 31.4 Å². The summed E-state index contributed by atoms with van der Waals surface area (Å²) in [6.45, 7) is 9.22. The Labute approximate surface area is 155 Å². The Morgan fingerprint density at radius 2 is 1.80 bits per heavy atom. The summed E-state index contributed by atoms with van der Waals surface area (Å²) in [5.74, 6) is 0.549. The molecule has 0 radical (unpaired) electrons. The number of nitrogens with one attached hydrogen (secondary N) is 1. The second-order valence-electron chi connectivity index (χ2n) is 6.79. The Balaban J connectivity index is 1.48. The Kier molecular flexibility index (Phi) is 6.00. The monoisotopic (exact) mass is 354 g/mol. The first-order valence-electron chi connectivity index (χ1n) is 8.90. The minimum absolute atomic E-state index is 0.549. The van der Waals surface area contributed by atoms with Gasteiger partial charge in [-0.15, -0.1) is 0 Å². The summed E-state index contributed by atoms with van der Waals surface area (Å²) in [7, 11) is 0. The molecular weight excluding hydrogens is 328 g/mol. The lowest BCUT2D eigenvalue weighted by Gasteiger charge is -2.36. The summed E-state index contributed by atoms with van der Waals surface area (Å²) in [5, 5.41) is 4.18. The zero-order valence-corrected chi connectivity index (χ0v) is 15.8. The van der Waals surface area contributed by atoms with Gasteiger partial charge in [-0.25, -0.2) is 0 Å². The Bertz CT molecular complexity index is 677. The fourth-order valence-corrected chi connectivity index (χ4v) is 3.28. The number of nitrogens with zero attached hydrogens (tertiary/aromatic N) is 3. The van der Waals surface area contributed by atoms with Crippen LogP contribution in [0.3, 0.4) is 0 Å². The van der Waals surface area contributed by atoms with Crippen molar-refractivity contribution in [2.75, 3.05) is 31.5 Å². The van der Waals surface area contributed by atoms with E-state index in [1.54, 1.807) is 0 Å². The SMILES string of the molecule is CC(C)c1ccc(NC(=S)N2CCN(Cc3ccccn3)CC2)cc1. The maximum atomic E-state index is 5.59. The highest BCUT2D eigenvalue weighted by Gasteiger charge is 2.19. The van der Waals surface area contributed by atoms with E-state index in [9.17, 15) is 0 Å². The number of piperazine rings is 1. The van der Waals surface area contributed by atoms with Crippen LogP contribution in [0.5, 0.6) is 0 Å². The smallest absolute Gasteiger partial charge is 0.173 e. The Morgan fingerprint density at radius 3 is 2.40 bits per heavy atom. The third kappa shape index (κ3) is 5.00. The van der Waals surface area contributed by atoms with E-state index in [1.807, 2.05) is 18.3 Å². The van der Waals surface area contributed by atoms with E-state index in [2.05, 4.69) is 64.3 Å². The molecule has 0 saturated carbocycles. The summed E-state index contributed by atoms with van der Waals surface area (Å²) >= 11 is 5.59. The van der Waals surface area contributed by atoms with Gasteiger partial charge >= 0.3 is 0 Å². The van der Waals surface area contributed by atoms with Crippen molar-refractivity contribution in [1.82, 2.24) is 14.8 Å². The molecule has 0 aliphatic carbocycles. The molecule has 0 unspecified atom stereocenters. The number of pyridine rings is 1. The molecular formula is C20H26N4S. The zero-order valence-electron chi connectivity index (χ0n) is 15.0. The molecule has 1 N–H and O–H groups in total. The van der Waals surface area contributed by atoms with Crippen molar-refractivity contribution in [1.29, 1.82) is 0 Å². The van der Waals surface area contributed by atoms with Gasteiger partial charge in [0.05, 0.1) is 5.69 Å². The lowest BCUT2D eigenvalue weighted by molar-refractivity contribution is 0.175. The lowest BCUT2D eigenvalue weighted by atomic mass is 10.0. The van der Waals surface area contributed by atoms with E-state index < -0.39 is 0 Å². The van der Waals surface area contributed by atoms with Crippen LogP contribution in [0, 0.1) is 0 Å². The molecule has 5 heteroatoms. The lowest BCUT2D eigenvalue weighted by Crippen LogP contribution is -2.49. The number of anilines is 1. The maximum Gasteiger partial charge on any atom is 0.173 e. The molecule has 0 bridgehead atoms. The molecule has 2 heterocycles. The highest BCUT2D eigenvalue weighted by atomic mass is 32.1.